The summed E-state index contributed by atoms with van der Waals surface area (Å²) in [6, 6.07) is 4.59. The van der Waals surface area contributed by atoms with E-state index in [1.807, 2.05) is 0 Å². The summed E-state index contributed by atoms with van der Waals surface area (Å²) in [5.74, 6) is -0.394. The van der Waals surface area contributed by atoms with Crippen LogP contribution in [0, 0.1) is 5.92 Å². The maximum Gasteiger partial charge on any atom is 0.317 e. The number of hydrogen-bond donors (Lipinski definition) is 1. The molecule has 8 heteroatoms. The summed E-state index contributed by atoms with van der Waals surface area (Å²) in [6.07, 6.45) is 0. The van der Waals surface area contributed by atoms with E-state index >= 15 is 0 Å². The lowest BCUT2D eigenvalue weighted by molar-refractivity contribution is -0.149. The molecule has 1 N–H and O–H groups in total. The molecule has 2 atom stereocenters. The monoisotopic (exact) mass is 362 g/mol. The van der Waals surface area contributed by atoms with Crippen molar-refractivity contribution in [3.8, 4) is 11.5 Å². The molecule has 0 spiro atoms. The smallest absolute Gasteiger partial charge is 0.317 e. The fourth-order valence-electron chi connectivity index (χ4n) is 3.02. The van der Waals surface area contributed by atoms with Gasteiger partial charge in [-0.15, -0.1) is 0 Å². The highest BCUT2D eigenvalue weighted by Crippen LogP contribution is 2.41. The Bertz CT molecular complexity index is 763. The van der Waals surface area contributed by atoms with Gasteiger partial charge in [-0.2, -0.15) is 0 Å². The van der Waals surface area contributed by atoms with Gasteiger partial charge in [0.15, 0.2) is 16.6 Å². The molecule has 0 aliphatic carbocycles. The molecule has 2 heterocycles. The lowest BCUT2D eigenvalue weighted by Crippen LogP contribution is -2.55. The second-order valence-electron chi connectivity index (χ2n) is 5.63. The zero-order valence-corrected chi connectivity index (χ0v) is 14.7. The van der Waals surface area contributed by atoms with Crippen LogP contribution < -0.4 is 14.8 Å². The summed E-state index contributed by atoms with van der Waals surface area (Å²) >= 11 is 5.29. The van der Waals surface area contributed by atoms with Gasteiger partial charge in [0.05, 0.1) is 12.6 Å². The van der Waals surface area contributed by atoms with E-state index < -0.39 is 17.9 Å². The number of hydrogen-bond acceptors (Lipinski definition) is 6. The Kier molecular flexibility index (Phi) is 4.63. The molecule has 1 amide bonds. The maximum absolute atomic E-state index is 12.5. The average molecular weight is 362 g/mol. The van der Waals surface area contributed by atoms with Gasteiger partial charge < -0.3 is 19.5 Å². The highest BCUT2D eigenvalue weighted by atomic mass is 32.1. The van der Waals surface area contributed by atoms with Crippen molar-refractivity contribution in [2.24, 2.45) is 5.92 Å². The predicted molar refractivity (Wildman–Crippen MR) is 92.8 cm³/mol. The number of benzene rings is 1. The Morgan fingerprint density at radius 1 is 1.40 bits per heavy atom. The van der Waals surface area contributed by atoms with Crippen molar-refractivity contribution in [2.75, 3.05) is 13.4 Å². The molecule has 3 rings (SSSR count). The van der Waals surface area contributed by atoms with E-state index in [4.69, 9.17) is 26.4 Å². The minimum Gasteiger partial charge on any atom is -0.465 e. The SMILES string of the molecule is C=C1NC(=S)N(C(C)=O)[C@@H](c2ccc3c(c2)OCO3)[C@@H]1C(=O)OCC. The highest BCUT2D eigenvalue weighted by molar-refractivity contribution is 7.80. The van der Waals surface area contributed by atoms with Gasteiger partial charge in [0.2, 0.25) is 12.7 Å². The molecule has 7 nitrogen and oxygen atoms in total. The molecule has 1 saturated heterocycles. The number of carbonyl (C=O) groups is 2. The van der Waals surface area contributed by atoms with Crippen LogP contribution in [0.25, 0.3) is 0 Å². The molecule has 0 bridgehead atoms. The Hall–Kier alpha value is -2.61. The lowest BCUT2D eigenvalue weighted by Gasteiger charge is -2.41. The van der Waals surface area contributed by atoms with Gasteiger partial charge in [-0.3, -0.25) is 14.5 Å². The van der Waals surface area contributed by atoms with Crippen molar-refractivity contribution in [1.29, 1.82) is 0 Å². The number of ether oxygens (including phenoxy) is 3. The quantitative estimate of drug-likeness (QED) is 0.650. The molecule has 0 saturated carbocycles. The number of amides is 1. The van der Waals surface area contributed by atoms with Crippen LogP contribution >= 0.6 is 12.2 Å². The molecule has 2 aliphatic rings. The Morgan fingerprint density at radius 2 is 2.12 bits per heavy atom. The Labute approximate surface area is 150 Å². The van der Waals surface area contributed by atoms with Gasteiger partial charge >= 0.3 is 5.97 Å². The molecular weight excluding hydrogens is 344 g/mol. The Balaban J connectivity index is 2.09. The van der Waals surface area contributed by atoms with Crippen LogP contribution in [0.15, 0.2) is 30.5 Å². The largest absolute Gasteiger partial charge is 0.465 e. The lowest BCUT2D eigenvalue weighted by atomic mass is 9.87. The first-order valence-corrected chi connectivity index (χ1v) is 8.20. The molecule has 1 aromatic carbocycles. The van der Waals surface area contributed by atoms with E-state index in [-0.39, 0.29) is 24.4 Å². The molecule has 132 valence electrons. The number of carbonyl (C=O) groups excluding carboxylic acids is 2. The number of thiocarbonyl (C=S) groups is 1. The minimum absolute atomic E-state index is 0.133. The van der Waals surface area contributed by atoms with Crippen LogP contribution in [-0.2, 0) is 14.3 Å². The highest BCUT2D eigenvalue weighted by Gasteiger charge is 2.44. The maximum atomic E-state index is 12.5. The van der Waals surface area contributed by atoms with Crippen LogP contribution in [0.5, 0.6) is 11.5 Å². The second kappa shape index (κ2) is 6.72. The number of nitrogens with zero attached hydrogens (tertiary/aromatic N) is 1. The van der Waals surface area contributed by atoms with E-state index in [1.54, 1.807) is 25.1 Å². The van der Waals surface area contributed by atoms with Crippen LogP contribution in [0.3, 0.4) is 0 Å². The zero-order valence-electron chi connectivity index (χ0n) is 13.9. The van der Waals surface area contributed by atoms with Crippen LogP contribution in [0.1, 0.15) is 25.5 Å². The van der Waals surface area contributed by atoms with Crippen molar-refractivity contribution in [3.05, 3.63) is 36.0 Å². The third kappa shape index (κ3) is 3.05. The summed E-state index contributed by atoms with van der Waals surface area (Å²) in [7, 11) is 0. The standard InChI is InChI=1S/C17H18N2O5S/c1-4-22-16(21)14-9(2)18-17(25)19(10(3)20)15(14)11-5-6-12-13(7-11)24-8-23-12/h5-7,14-15H,2,4,8H2,1,3H3,(H,18,25)/t14-,15+/m1/s1. The summed E-state index contributed by atoms with van der Waals surface area (Å²) in [5, 5.41) is 3.03. The normalized spacial score (nSPS) is 21.8. The summed E-state index contributed by atoms with van der Waals surface area (Å²) in [5.41, 5.74) is 1.08. The molecule has 1 fully saturated rings. The van der Waals surface area contributed by atoms with Crippen molar-refractivity contribution >= 4 is 29.2 Å². The van der Waals surface area contributed by atoms with Crippen LogP contribution in [0.4, 0.5) is 0 Å². The first kappa shape index (κ1) is 17.2. The summed E-state index contributed by atoms with van der Waals surface area (Å²) < 4.78 is 15.9. The van der Waals surface area contributed by atoms with E-state index in [0.29, 0.717) is 22.8 Å². The van der Waals surface area contributed by atoms with Gasteiger partial charge in [0.25, 0.3) is 0 Å². The minimum atomic E-state index is -0.795. The van der Waals surface area contributed by atoms with E-state index in [1.165, 1.54) is 11.8 Å². The summed E-state index contributed by atoms with van der Waals surface area (Å²) in [6.45, 7) is 7.37. The Morgan fingerprint density at radius 3 is 2.80 bits per heavy atom. The first-order valence-electron chi connectivity index (χ1n) is 7.79. The average Bonchev–Trinajstić information content (AvgIpc) is 3.01. The van der Waals surface area contributed by atoms with Crippen LogP contribution in [-0.4, -0.2) is 35.3 Å². The van der Waals surface area contributed by atoms with Crippen molar-refractivity contribution in [3.63, 3.8) is 0 Å². The summed E-state index contributed by atoms with van der Waals surface area (Å²) in [4.78, 5) is 26.1. The number of fused-ring (bicyclic) bond motifs is 1. The molecule has 0 unspecified atom stereocenters. The van der Waals surface area contributed by atoms with Gasteiger partial charge in [-0.25, -0.2) is 0 Å². The van der Waals surface area contributed by atoms with Gasteiger partial charge in [-0.1, -0.05) is 12.6 Å². The fraction of sp³-hybridized carbons (Fsp3) is 0.353. The molecule has 2 aliphatic heterocycles. The van der Waals surface area contributed by atoms with E-state index in [9.17, 15) is 9.59 Å². The van der Waals surface area contributed by atoms with Crippen molar-refractivity contribution in [2.45, 2.75) is 19.9 Å². The van der Waals surface area contributed by atoms with Gasteiger partial charge in [-0.05, 0) is 36.8 Å². The second-order valence-corrected chi connectivity index (χ2v) is 6.02. The number of esters is 1. The van der Waals surface area contributed by atoms with Gasteiger partial charge in [0, 0.05) is 12.6 Å². The fourth-order valence-corrected chi connectivity index (χ4v) is 3.40. The van der Waals surface area contributed by atoms with Crippen LogP contribution in [0.2, 0.25) is 0 Å². The predicted octanol–water partition coefficient (Wildman–Crippen LogP) is 1.89. The zero-order chi connectivity index (χ0) is 18.1. The molecule has 0 radical (unpaired) electrons. The van der Waals surface area contributed by atoms with E-state index in [2.05, 4.69) is 11.9 Å². The molecular formula is C17H18N2O5S. The van der Waals surface area contributed by atoms with E-state index in [0.717, 1.165) is 0 Å². The third-order valence-electron chi connectivity index (χ3n) is 4.07. The molecule has 0 aromatic heterocycles. The molecule has 25 heavy (non-hydrogen) atoms. The first-order chi connectivity index (χ1) is 11.9. The van der Waals surface area contributed by atoms with Crippen molar-refractivity contribution in [1.82, 2.24) is 10.2 Å². The number of nitrogens with one attached hydrogen (secondary N) is 1. The molecule has 1 aromatic rings. The van der Waals surface area contributed by atoms with Crippen molar-refractivity contribution < 1.29 is 23.8 Å². The third-order valence-corrected chi connectivity index (χ3v) is 4.37. The topological polar surface area (TPSA) is 77.1 Å². The van der Waals surface area contributed by atoms with Gasteiger partial charge in [0.1, 0.15) is 5.92 Å². The number of rotatable bonds is 3.